The smallest absolute Gasteiger partial charge is 0.317 e. The molecule has 1 aromatic heterocycles. The van der Waals surface area contributed by atoms with Crippen LogP contribution in [0.1, 0.15) is 24.4 Å². The van der Waals surface area contributed by atoms with Gasteiger partial charge in [0.1, 0.15) is 0 Å². The molecule has 2 aromatic rings. The molecule has 1 aromatic carbocycles. The molecule has 2 heterocycles. The predicted octanol–water partition coefficient (Wildman–Crippen LogP) is 3.35. The molecule has 22 heavy (non-hydrogen) atoms. The molecular formula is C13H14Cl2F3N3O. The fourth-order valence-electron chi connectivity index (χ4n) is 2.79. The largest absolute Gasteiger partial charge is 0.417 e. The summed E-state index contributed by atoms with van der Waals surface area (Å²) in [4.78, 5) is 14.6. The topological polar surface area (TPSA) is 49.8 Å². The van der Waals surface area contributed by atoms with Gasteiger partial charge >= 0.3 is 11.9 Å². The van der Waals surface area contributed by atoms with Gasteiger partial charge in [0.2, 0.25) is 0 Å². The lowest BCUT2D eigenvalue weighted by molar-refractivity contribution is -0.137. The van der Waals surface area contributed by atoms with Crippen molar-refractivity contribution in [2.24, 2.45) is 0 Å². The highest BCUT2D eigenvalue weighted by Crippen LogP contribution is 2.37. The number of hydrogen-bond acceptors (Lipinski definition) is 2. The summed E-state index contributed by atoms with van der Waals surface area (Å²) in [5.41, 5.74) is -0.747. The second-order valence-corrected chi connectivity index (χ2v) is 5.54. The molecule has 1 fully saturated rings. The van der Waals surface area contributed by atoms with E-state index in [4.69, 9.17) is 11.6 Å². The van der Waals surface area contributed by atoms with Gasteiger partial charge in [-0.2, -0.15) is 13.2 Å². The number of benzene rings is 1. The number of aromatic amines is 1. The third kappa shape index (κ3) is 2.98. The van der Waals surface area contributed by atoms with Crippen LogP contribution in [0.4, 0.5) is 13.2 Å². The fourth-order valence-corrected chi connectivity index (χ4v) is 3.06. The van der Waals surface area contributed by atoms with Crippen molar-refractivity contribution >= 4 is 35.0 Å². The van der Waals surface area contributed by atoms with Gasteiger partial charge in [-0.15, -0.1) is 12.4 Å². The Morgan fingerprint density at radius 3 is 2.45 bits per heavy atom. The van der Waals surface area contributed by atoms with E-state index in [9.17, 15) is 18.0 Å². The van der Waals surface area contributed by atoms with Gasteiger partial charge in [0, 0.05) is 6.04 Å². The van der Waals surface area contributed by atoms with Gasteiger partial charge in [0.25, 0.3) is 0 Å². The SMILES string of the molecule is Cl.O=c1[nH]c2cc(C(F)(F)F)c(Cl)cc2n1C1CCNCC1. The van der Waals surface area contributed by atoms with Gasteiger partial charge in [-0.1, -0.05) is 11.6 Å². The number of rotatable bonds is 1. The zero-order valence-corrected chi connectivity index (χ0v) is 12.9. The van der Waals surface area contributed by atoms with E-state index < -0.39 is 22.5 Å². The van der Waals surface area contributed by atoms with Crippen LogP contribution in [0.15, 0.2) is 16.9 Å². The van der Waals surface area contributed by atoms with E-state index in [2.05, 4.69) is 10.3 Å². The molecule has 0 bridgehead atoms. The van der Waals surface area contributed by atoms with E-state index in [0.717, 1.165) is 32.0 Å². The molecule has 3 rings (SSSR count). The first-order valence-corrected chi connectivity index (χ1v) is 6.97. The zero-order valence-electron chi connectivity index (χ0n) is 11.3. The van der Waals surface area contributed by atoms with Crippen LogP contribution in [0.3, 0.4) is 0 Å². The number of nitrogens with zero attached hydrogens (tertiary/aromatic N) is 1. The van der Waals surface area contributed by atoms with Crippen molar-refractivity contribution in [2.45, 2.75) is 25.1 Å². The number of H-pyrrole nitrogens is 1. The first-order valence-electron chi connectivity index (χ1n) is 6.59. The summed E-state index contributed by atoms with van der Waals surface area (Å²) in [5.74, 6) is 0. The molecule has 1 aliphatic heterocycles. The van der Waals surface area contributed by atoms with Crippen LogP contribution in [-0.4, -0.2) is 22.6 Å². The molecule has 122 valence electrons. The Bertz CT molecular complexity index is 732. The van der Waals surface area contributed by atoms with Crippen LogP contribution >= 0.6 is 24.0 Å². The minimum Gasteiger partial charge on any atom is -0.317 e. The van der Waals surface area contributed by atoms with Crippen molar-refractivity contribution in [2.75, 3.05) is 13.1 Å². The van der Waals surface area contributed by atoms with E-state index in [-0.39, 0.29) is 24.0 Å². The highest BCUT2D eigenvalue weighted by molar-refractivity contribution is 6.32. The second-order valence-electron chi connectivity index (χ2n) is 5.13. The average Bonchev–Trinajstić information content (AvgIpc) is 2.73. The Morgan fingerprint density at radius 1 is 1.23 bits per heavy atom. The minimum atomic E-state index is -4.54. The molecule has 0 unspecified atom stereocenters. The van der Waals surface area contributed by atoms with E-state index in [1.54, 1.807) is 0 Å². The van der Waals surface area contributed by atoms with E-state index >= 15 is 0 Å². The van der Waals surface area contributed by atoms with Crippen molar-refractivity contribution in [1.29, 1.82) is 0 Å². The molecule has 4 nitrogen and oxygen atoms in total. The normalized spacial score (nSPS) is 16.7. The standard InChI is InChI=1S/C13H13ClF3N3O.ClH/c14-9-6-11-10(5-8(9)13(15,16)17)19-12(21)20(11)7-1-3-18-4-2-7;/h5-7,18H,1-4H2,(H,19,21);1H. The lowest BCUT2D eigenvalue weighted by atomic mass is 10.1. The van der Waals surface area contributed by atoms with E-state index in [1.165, 1.54) is 10.6 Å². The predicted molar refractivity (Wildman–Crippen MR) is 81.0 cm³/mol. The van der Waals surface area contributed by atoms with Crippen LogP contribution in [0.2, 0.25) is 5.02 Å². The number of halogens is 5. The number of aromatic nitrogens is 2. The van der Waals surface area contributed by atoms with Crippen LogP contribution in [-0.2, 0) is 6.18 Å². The first kappa shape index (κ1) is 17.2. The van der Waals surface area contributed by atoms with Crippen molar-refractivity contribution < 1.29 is 13.2 Å². The molecule has 0 saturated carbocycles. The number of imidazole rings is 1. The molecule has 1 aliphatic rings. The summed E-state index contributed by atoms with van der Waals surface area (Å²) < 4.78 is 40.1. The third-order valence-corrected chi connectivity index (χ3v) is 4.10. The number of fused-ring (bicyclic) bond motifs is 1. The van der Waals surface area contributed by atoms with Gasteiger partial charge in [-0.25, -0.2) is 4.79 Å². The molecular weight excluding hydrogens is 342 g/mol. The quantitative estimate of drug-likeness (QED) is 0.824. The number of alkyl halides is 3. The molecule has 1 saturated heterocycles. The zero-order chi connectivity index (χ0) is 15.2. The van der Waals surface area contributed by atoms with Crippen LogP contribution in [0.25, 0.3) is 11.0 Å². The van der Waals surface area contributed by atoms with Crippen LogP contribution < -0.4 is 11.0 Å². The van der Waals surface area contributed by atoms with Crippen LogP contribution in [0.5, 0.6) is 0 Å². The highest BCUT2D eigenvalue weighted by atomic mass is 35.5. The summed E-state index contributed by atoms with van der Waals surface area (Å²) >= 11 is 5.75. The van der Waals surface area contributed by atoms with Gasteiger partial charge in [0.15, 0.2) is 0 Å². The summed E-state index contributed by atoms with van der Waals surface area (Å²) in [5, 5.41) is 2.79. The Labute approximate surface area is 135 Å². The number of piperidine rings is 1. The van der Waals surface area contributed by atoms with Crippen LogP contribution in [0, 0.1) is 0 Å². The van der Waals surface area contributed by atoms with Gasteiger partial charge in [-0.05, 0) is 38.1 Å². The van der Waals surface area contributed by atoms with Gasteiger partial charge < -0.3 is 10.3 Å². The van der Waals surface area contributed by atoms with Gasteiger partial charge in [0.05, 0.1) is 21.6 Å². The molecule has 0 radical (unpaired) electrons. The fraction of sp³-hybridized carbons (Fsp3) is 0.462. The lowest BCUT2D eigenvalue weighted by Crippen LogP contribution is -2.33. The minimum absolute atomic E-state index is 0. The summed E-state index contributed by atoms with van der Waals surface area (Å²) in [6.07, 6.45) is -3.03. The monoisotopic (exact) mass is 355 g/mol. The van der Waals surface area contributed by atoms with Crippen molar-refractivity contribution in [1.82, 2.24) is 14.9 Å². The van der Waals surface area contributed by atoms with Crippen molar-refractivity contribution in [3.8, 4) is 0 Å². The molecule has 0 aliphatic carbocycles. The Kier molecular flexibility index (Phi) is 4.79. The molecule has 2 N–H and O–H groups in total. The molecule has 9 heteroatoms. The van der Waals surface area contributed by atoms with Gasteiger partial charge in [-0.3, -0.25) is 4.57 Å². The average molecular weight is 356 g/mol. The summed E-state index contributed by atoms with van der Waals surface area (Å²) in [6.45, 7) is 1.55. The summed E-state index contributed by atoms with van der Waals surface area (Å²) in [7, 11) is 0. The lowest BCUT2D eigenvalue weighted by Gasteiger charge is -2.24. The Hall–Kier alpha value is -1.18. The third-order valence-electron chi connectivity index (χ3n) is 3.78. The number of nitrogens with one attached hydrogen (secondary N) is 2. The Morgan fingerprint density at radius 2 is 1.86 bits per heavy atom. The first-order chi connectivity index (χ1) is 9.88. The Balaban J connectivity index is 0.00000176. The van der Waals surface area contributed by atoms with Crippen molar-refractivity contribution in [3.05, 3.63) is 33.2 Å². The summed E-state index contributed by atoms with van der Waals surface area (Å²) in [6, 6.07) is 2.09. The molecule has 0 spiro atoms. The molecule has 0 amide bonds. The van der Waals surface area contributed by atoms with E-state index in [1.807, 2.05) is 0 Å². The maximum Gasteiger partial charge on any atom is 0.417 e. The second kappa shape index (κ2) is 6.14. The molecule has 0 atom stereocenters. The highest BCUT2D eigenvalue weighted by Gasteiger charge is 2.34. The van der Waals surface area contributed by atoms with Crippen molar-refractivity contribution in [3.63, 3.8) is 0 Å². The number of hydrogen-bond donors (Lipinski definition) is 2. The maximum absolute atomic E-state index is 12.8. The van der Waals surface area contributed by atoms with E-state index in [0.29, 0.717) is 5.52 Å². The maximum atomic E-state index is 12.8.